The van der Waals surface area contributed by atoms with E-state index in [2.05, 4.69) is 118 Å². The summed E-state index contributed by atoms with van der Waals surface area (Å²) in [5, 5.41) is 19.8. The molecule has 0 bridgehead atoms. The summed E-state index contributed by atoms with van der Waals surface area (Å²) in [6.45, 7) is 0. The van der Waals surface area contributed by atoms with Gasteiger partial charge in [0, 0.05) is 58.1 Å². The van der Waals surface area contributed by atoms with E-state index in [4.69, 9.17) is 0 Å². The van der Waals surface area contributed by atoms with Crippen molar-refractivity contribution in [3.63, 3.8) is 0 Å². The molecule has 3 nitrogen and oxygen atoms in total. The van der Waals surface area contributed by atoms with Crippen molar-refractivity contribution in [2.45, 2.75) is 0 Å². The molecule has 0 aliphatic rings. The Hall–Kier alpha value is -6.85. The van der Waals surface area contributed by atoms with Crippen LogP contribution in [0.5, 0.6) is 0 Å². The Morgan fingerprint density at radius 3 is 1.41 bits per heavy atom. The van der Waals surface area contributed by atoms with Gasteiger partial charge in [-0.05, 0) is 48.5 Å². The second kappa shape index (κ2) is 11.6. The van der Waals surface area contributed by atoms with Crippen molar-refractivity contribution >= 4 is 107 Å². The summed E-state index contributed by atoms with van der Waals surface area (Å²) in [7, 11) is 0. The third-order valence-corrected chi connectivity index (χ3v) is 13.7. The van der Waals surface area contributed by atoms with Crippen LogP contribution in [0.15, 0.2) is 152 Å². The maximum Gasteiger partial charge on any atom is 0.134 e. The van der Waals surface area contributed by atoms with Crippen LogP contribution in [0.25, 0.3) is 106 Å². The predicted octanol–water partition coefficient (Wildman–Crippen LogP) is 14.4. The molecule has 12 aromatic rings. The van der Waals surface area contributed by atoms with Crippen LogP contribution in [-0.4, -0.2) is 9.13 Å². The number of halogens is 2. The number of hydrogen-bond acceptors (Lipinski definition) is 3. The van der Waals surface area contributed by atoms with Gasteiger partial charge in [-0.25, -0.2) is 8.78 Å². The van der Waals surface area contributed by atoms with E-state index in [1.54, 1.807) is 22.7 Å². The second-order valence-corrected chi connectivity index (χ2v) is 16.3. The number of hydrogen-bond donors (Lipinski definition) is 0. The standard InChI is InChI=1S/C49H25F2N3S2/c50-37-14-9-15-38(51)45(37)36-25-42(54-40-17-6-2-11-29(40)33-21-23-35-31-13-4-8-19-44(31)56-49(35)47(33)54)41(24-27(36)26-52)53-39-16-5-1-10-28(39)32-20-22-34-30-12-3-7-18-43(30)55-48(34)46(32)53/h1-25H. The average Bonchev–Trinajstić information content (AvgIpc) is 3.98. The molecule has 8 aromatic carbocycles. The maximum absolute atomic E-state index is 15.9. The third-order valence-electron chi connectivity index (χ3n) is 11.3. The van der Waals surface area contributed by atoms with E-state index < -0.39 is 11.6 Å². The second-order valence-electron chi connectivity index (χ2n) is 14.2. The van der Waals surface area contributed by atoms with Gasteiger partial charge in [0.05, 0.1) is 60.0 Å². The lowest BCUT2D eigenvalue weighted by Crippen LogP contribution is -2.06. The molecule has 0 saturated heterocycles. The fraction of sp³-hybridized carbons (Fsp3) is 0. The van der Waals surface area contributed by atoms with Crippen LogP contribution >= 0.6 is 22.7 Å². The first-order chi connectivity index (χ1) is 27.6. The van der Waals surface area contributed by atoms with E-state index in [-0.39, 0.29) is 16.7 Å². The van der Waals surface area contributed by atoms with Crippen molar-refractivity contribution in [1.82, 2.24) is 9.13 Å². The fourth-order valence-corrected chi connectivity index (χ4v) is 11.4. The molecule has 0 fully saturated rings. The molecule has 262 valence electrons. The van der Waals surface area contributed by atoms with Gasteiger partial charge < -0.3 is 9.13 Å². The molecule has 56 heavy (non-hydrogen) atoms. The quantitative estimate of drug-likeness (QED) is 0.177. The summed E-state index contributed by atoms with van der Waals surface area (Å²) < 4.78 is 40.9. The minimum Gasteiger partial charge on any atom is -0.306 e. The predicted molar refractivity (Wildman–Crippen MR) is 231 cm³/mol. The SMILES string of the molecule is N#Cc1cc(-n2c3ccccc3c3ccc4c5ccccc5sc4c32)c(-n2c3ccccc3c3ccc4c5ccccc5sc4c32)cc1-c1c(F)cccc1F. The molecule has 12 rings (SSSR count). The lowest BCUT2D eigenvalue weighted by molar-refractivity contribution is 0.589. The van der Waals surface area contributed by atoms with Crippen LogP contribution in [-0.2, 0) is 0 Å². The van der Waals surface area contributed by atoms with Gasteiger partial charge in [0.25, 0.3) is 0 Å². The van der Waals surface area contributed by atoms with Gasteiger partial charge >= 0.3 is 0 Å². The van der Waals surface area contributed by atoms with Gasteiger partial charge in [-0.2, -0.15) is 5.26 Å². The molecule has 0 unspecified atom stereocenters. The number of para-hydroxylation sites is 2. The molecule has 0 saturated carbocycles. The molecule has 0 atom stereocenters. The number of rotatable bonds is 3. The zero-order valence-electron chi connectivity index (χ0n) is 29.3. The number of nitriles is 1. The fourth-order valence-electron chi connectivity index (χ4n) is 8.95. The van der Waals surface area contributed by atoms with Crippen LogP contribution in [0.4, 0.5) is 8.78 Å². The van der Waals surface area contributed by atoms with Gasteiger partial charge in [-0.15, -0.1) is 22.7 Å². The molecule has 0 amide bonds. The van der Waals surface area contributed by atoms with E-state index >= 15 is 8.78 Å². The third kappa shape index (κ3) is 4.17. The van der Waals surface area contributed by atoms with Crippen molar-refractivity contribution in [1.29, 1.82) is 5.26 Å². The highest BCUT2D eigenvalue weighted by Crippen LogP contribution is 2.48. The van der Waals surface area contributed by atoms with Crippen molar-refractivity contribution in [3.8, 4) is 28.6 Å². The van der Waals surface area contributed by atoms with Gasteiger partial charge in [-0.1, -0.05) is 103 Å². The Kier molecular flexibility index (Phi) is 6.51. The van der Waals surface area contributed by atoms with Gasteiger partial charge in [0.1, 0.15) is 11.6 Å². The summed E-state index contributed by atoms with van der Waals surface area (Å²) >= 11 is 3.49. The summed E-state index contributed by atoms with van der Waals surface area (Å²) in [5.41, 5.74) is 5.54. The maximum atomic E-state index is 15.9. The van der Waals surface area contributed by atoms with Gasteiger partial charge in [0.15, 0.2) is 0 Å². The highest BCUT2D eigenvalue weighted by molar-refractivity contribution is 7.27. The topological polar surface area (TPSA) is 33.6 Å². The highest BCUT2D eigenvalue weighted by Gasteiger charge is 2.26. The first kappa shape index (κ1) is 31.5. The van der Waals surface area contributed by atoms with E-state index in [1.165, 1.54) is 38.4 Å². The van der Waals surface area contributed by atoms with Crippen LogP contribution < -0.4 is 0 Å². The lowest BCUT2D eigenvalue weighted by atomic mass is 9.97. The normalized spacial score (nSPS) is 12.1. The lowest BCUT2D eigenvalue weighted by Gasteiger charge is -2.20. The minimum absolute atomic E-state index is 0.176. The van der Waals surface area contributed by atoms with Crippen molar-refractivity contribution in [2.24, 2.45) is 0 Å². The van der Waals surface area contributed by atoms with E-state index in [0.29, 0.717) is 5.69 Å². The Bertz CT molecular complexity index is 3690. The number of aromatic nitrogens is 2. The van der Waals surface area contributed by atoms with E-state index in [0.717, 1.165) is 69.5 Å². The first-order valence-corrected chi connectivity index (χ1v) is 19.9. The van der Waals surface area contributed by atoms with Gasteiger partial charge in [-0.3, -0.25) is 0 Å². The summed E-state index contributed by atoms with van der Waals surface area (Å²) in [4.78, 5) is 0. The van der Waals surface area contributed by atoms with Crippen molar-refractivity contribution in [2.75, 3.05) is 0 Å². The summed E-state index contributed by atoms with van der Waals surface area (Å²) in [6.07, 6.45) is 0. The van der Waals surface area contributed by atoms with Crippen LogP contribution in [0.2, 0.25) is 0 Å². The number of fused-ring (bicyclic) bond motifs is 14. The Morgan fingerprint density at radius 1 is 0.446 bits per heavy atom. The minimum atomic E-state index is -0.724. The van der Waals surface area contributed by atoms with Crippen molar-refractivity contribution < 1.29 is 8.78 Å². The molecule has 7 heteroatoms. The smallest absolute Gasteiger partial charge is 0.134 e. The molecule has 0 aliphatic heterocycles. The number of benzene rings is 8. The molecular weight excluding hydrogens is 733 g/mol. The first-order valence-electron chi connectivity index (χ1n) is 18.3. The molecular formula is C49H25F2N3S2. The molecule has 0 N–H and O–H groups in total. The van der Waals surface area contributed by atoms with E-state index in [9.17, 15) is 5.26 Å². The van der Waals surface area contributed by atoms with Crippen LogP contribution in [0, 0.1) is 23.0 Å². The Morgan fingerprint density at radius 2 is 0.893 bits per heavy atom. The number of nitrogens with zero attached hydrogens (tertiary/aromatic N) is 3. The van der Waals surface area contributed by atoms with Crippen LogP contribution in [0.1, 0.15) is 5.56 Å². The molecule has 4 aromatic heterocycles. The van der Waals surface area contributed by atoms with E-state index in [1.807, 2.05) is 30.3 Å². The van der Waals surface area contributed by atoms with Gasteiger partial charge in [0.2, 0.25) is 0 Å². The highest BCUT2D eigenvalue weighted by atomic mass is 32.1. The molecule has 0 aliphatic carbocycles. The Labute approximate surface area is 325 Å². The monoisotopic (exact) mass is 757 g/mol. The van der Waals surface area contributed by atoms with Crippen LogP contribution in [0.3, 0.4) is 0 Å². The summed E-state index contributed by atoms with van der Waals surface area (Å²) in [5.74, 6) is -1.45. The average molecular weight is 758 g/mol. The zero-order chi connectivity index (χ0) is 37.2. The largest absolute Gasteiger partial charge is 0.306 e. The summed E-state index contributed by atoms with van der Waals surface area (Å²) in [6, 6.07) is 52.3. The molecule has 4 heterocycles. The Balaban J connectivity index is 1.33. The number of thiophene rings is 2. The van der Waals surface area contributed by atoms with Crippen molar-refractivity contribution in [3.05, 3.63) is 169 Å². The molecule has 0 radical (unpaired) electrons. The zero-order valence-corrected chi connectivity index (χ0v) is 31.0. The molecule has 0 spiro atoms.